The van der Waals surface area contributed by atoms with Crippen LogP contribution in [0.15, 0.2) is 54.6 Å². The quantitative estimate of drug-likeness (QED) is 0.327. The molecule has 37 heavy (non-hydrogen) atoms. The summed E-state index contributed by atoms with van der Waals surface area (Å²) in [6, 6.07) is 13.3. The lowest BCUT2D eigenvalue weighted by atomic mass is 9.87. The first kappa shape index (κ1) is 28.1. The number of carbonyl (C=O) groups is 1. The van der Waals surface area contributed by atoms with Crippen molar-refractivity contribution in [2.75, 3.05) is 6.54 Å². The van der Waals surface area contributed by atoms with Gasteiger partial charge in [0.1, 0.15) is 5.69 Å². The zero-order valence-corrected chi connectivity index (χ0v) is 20.8. The standard InChI is InChI=1S/C27H27F6N3O/c1-17-14-22(35-24(34-17)27(31,32)33)23(37)36(16-19-8-10-20(11-9-19)25(2,3)4)13-12-18-6-5-7-21(15-18)26(28,29)30/h5-11,14-15H,12-13,16H2,1-4H3. The second-order valence-electron chi connectivity index (χ2n) is 9.84. The van der Waals surface area contributed by atoms with Crippen molar-refractivity contribution in [3.8, 4) is 0 Å². The summed E-state index contributed by atoms with van der Waals surface area (Å²) in [4.78, 5) is 21.4. The predicted octanol–water partition coefficient (Wildman–Crippen LogP) is 7.01. The summed E-state index contributed by atoms with van der Waals surface area (Å²) in [5.41, 5.74) is 0.719. The van der Waals surface area contributed by atoms with Crippen molar-refractivity contribution < 1.29 is 31.1 Å². The van der Waals surface area contributed by atoms with Gasteiger partial charge in [0.05, 0.1) is 5.56 Å². The van der Waals surface area contributed by atoms with E-state index in [0.29, 0.717) is 11.1 Å². The van der Waals surface area contributed by atoms with Crippen LogP contribution in [0, 0.1) is 6.92 Å². The summed E-state index contributed by atoms with van der Waals surface area (Å²) in [6.45, 7) is 7.46. The van der Waals surface area contributed by atoms with Crippen LogP contribution >= 0.6 is 0 Å². The molecule has 1 aromatic heterocycles. The van der Waals surface area contributed by atoms with Crippen LogP contribution in [-0.4, -0.2) is 27.3 Å². The molecule has 1 heterocycles. The largest absolute Gasteiger partial charge is 0.451 e. The number of alkyl halides is 6. The summed E-state index contributed by atoms with van der Waals surface area (Å²) in [6.07, 6.45) is -9.30. The highest BCUT2D eigenvalue weighted by atomic mass is 19.4. The number of hydrogen-bond acceptors (Lipinski definition) is 3. The molecule has 0 aliphatic rings. The van der Waals surface area contributed by atoms with Crippen LogP contribution in [0.1, 0.15) is 65.0 Å². The van der Waals surface area contributed by atoms with E-state index in [-0.39, 0.29) is 30.6 Å². The van der Waals surface area contributed by atoms with Crippen LogP contribution in [0.5, 0.6) is 0 Å². The molecule has 0 spiro atoms. The molecule has 0 atom stereocenters. The van der Waals surface area contributed by atoms with E-state index in [1.807, 2.05) is 45.0 Å². The van der Waals surface area contributed by atoms with E-state index in [1.54, 1.807) is 0 Å². The second-order valence-corrected chi connectivity index (χ2v) is 9.84. The first-order valence-electron chi connectivity index (χ1n) is 11.5. The molecule has 3 rings (SSSR count). The van der Waals surface area contributed by atoms with Crippen molar-refractivity contribution in [3.05, 3.63) is 94.1 Å². The number of halogens is 6. The number of amides is 1. The minimum Gasteiger partial charge on any atom is -0.333 e. The van der Waals surface area contributed by atoms with E-state index >= 15 is 0 Å². The van der Waals surface area contributed by atoms with Crippen molar-refractivity contribution in [2.45, 2.75) is 58.4 Å². The number of nitrogens with zero attached hydrogens (tertiary/aromatic N) is 3. The average molecular weight is 524 g/mol. The summed E-state index contributed by atoms with van der Waals surface area (Å²) < 4.78 is 79.1. The van der Waals surface area contributed by atoms with Gasteiger partial charge in [-0.1, -0.05) is 63.2 Å². The van der Waals surface area contributed by atoms with Gasteiger partial charge in [0.2, 0.25) is 5.82 Å². The average Bonchev–Trinajstić information content (AvgIpc) is 2.79. The molecule has 0 fully saturated rings. The van der Waals surface area contributed by atoms with E-state index in [9.17, 15) is 31.1 Å². The molecule has 0 saturated carbocycles. The Bertz CT molecular complexity index is 1240. The molecule has 0 N–H and O–H groups in total. The predicted molar refractivity (Wildman–Crippen MR) is 127 cm³/mol. The molecule has 198 valence electrons. The van der Waals surface area contributed by atoms with E-state index in [2.05, 4.69) is 9.97 Å². The third kappa shape index (κ3) is 7.53. The molecule has 0 aliphatic heterocycles. The van der Waals surface area contributed by atoms with Crippen LogP contribution in [0.4, 0.5) is 26.3 Å². The number of rotatable bonds is 6. The van der Waals surface area contributed by atoms with E-state index in [4.69, 9.17) is 0 Å². The highest BCUT2D eigenvalue weighted by Gasteiger charge is 2.36. The Morgan fingerprint density at radius 2 is 1.46 bits per heavy atom. The molecule has 1 amide bonds. The summed E-state index contributed by atoms with van der Waals surface area (Å²) >= 11 is 0. The van der Waals surface area contributed by atoms with Gasteiger partial charge in [-0.15, -0.1) is 0 Å². The summed E-state index contributed by atoms with van der Waals surface area (Å²) in [7, 11) is 0. The van der Waals surface area contributed by atoms with Crippen molar-refractivity contribution in [1.29, 1.82) is 0 Å². The molecule has 0 aliphatic carbocycles. The number of aryl methyl sites for hydroxylation is 1. The Morgan fingerprint density at radius 1 is 0.811 bits per heavy atom. The molecule has 0 saturated heterocycles. The molecule has 0 bridgehead atoms. The zero-order valence-electron chi connectivity index (χ0n) is 20.8. The van der Waals surface area contributed by atoms with Gasteiger partial charge in [-0.3, -0.25) is 4.79 Å². The Hall–Kier alpha value is -3.43. The minimum absolute atomic E-state index is 0.0296. The maximum atomic E-state index is 13.3. The Balaban J connectivity index is 1.92. The number of aromatic nitrogens is 2. The SMILES string of the molecule is Cc1cc(C(=O)N(CCc2cccc(C(F)(F)F)c2)Cc2ccc(C(C)(C)C)cc2)nc(C(F)(F)F)n1. The normalized spacial score (nSPS) is 12.5. The Morgan fingerprint density at radius 3 is 2.03 bits per heavy atom. The molecular weight excluding hydrogens is 496 g/mol. The smallest absolute Gasteiger partial charge is 0.333 e. The molecule has 2 aromatic carbocycles. The molecular formula is C27H27F6N3O. The zero-order chi connectivity index (χ0) is 27.6. The van der Waals surface area contributed by atoms with Gasteiger partial charge in [0.15, 0.2) is 0 Å². The van der Waals surface area contributed by atoms with Crippen LogP contribution in [0.25, 0.3) is 0 Å². The maximum Gasteiger partial charge on any atom is 0.451 e. The van der Waals surface area contributed by atoms with Crippen molar-refractivity contribution in [3.63, 3.8) is 0 Å². The van der Waals surface area contributed by atoms with Gasteiger partial charge >= 0.3 is 12.4 Å². The summed E-state index contributed by atoms with van der Waals surface area (Å²) in [5.74, 6) is -2.20. The fraction of sp³-hybridized carbons (Fsp3) is 0.370. The van der Waals surface area contributed by atoms with Crippen molar-refractivity contribution in [2.24, 2.45) is 0 Å². The molecule has 0 unspecified atom stereocenters. The number of carbonyl (C=O) groups excluding carboxylic acids is 1. The van der Waals surface area contributed by atoms with Gasteiger partial charge in [0.25, 0.3) is 5.91 Å². The molecule has 3 aromatic rings. The lowest BCUT2D eigenvalue weighted by Gasteiger charge is -2.24. The Labute approximate surface area is 211 Å². The van der Waals surface area contributed by atoms with Crippen LogP contribution in [0.2, 0.25) is 0 Å². The van der Waals surface area contributed by atoms with Gasteiger partial charge in [0, 0.05) is 18.8 Å². The molecule has 0 radical (unpaired) electrons. The van der Waals surface area contributed by atoms with Gasteiger partial charge < -0.3 is 4.90 Å². The first-order valence-corrected chi connectivity index (χ1v) is 11.5. The van der Waals surface area contributed by atoms with E-state index < -0.39 is 35.3 Å². The van der Waals surface area contributed by atoms with Crippen LogP contribution in [0.3, 0.4) is 0 Å². The Kier molecular flexibility index (Phi) is 8.00. The minimum atomic E-state index is -4.84. The van der Waals surface area contributed by atoms with Gasteiger partial charge in [-0.25, -0.2) is 9.97 Å². The van der Waals surface area contributed by atoms with Gasteiger partial charge in [-0.05, 0) is 47.6 Å². The first-order chi connectivity index (χ1) is 17.0. The second kappa shape index (κ2) is 10.5. The third-order valence-corrected chi connectivity index (χ3v) is 5.73. The lowest BCUT2D eigenvalue weighted by molar-refractivity contribution is -0.145. The monoisotopic (exact) mass is 523 g/mol. The summed E-state index contributed by atoms with van der Waals surface area (Å²) in [5, 5.41) is 0. The molecule has 4 nitrogen and oxygen atoms in total. The number of hydrogen-bond donors (Lipinski definition) is 0. The van der Waals surface area contributed by atoms with E-state index in [1.165, 1.54) is 24.0 Å². The topological polar surface area (TPSA) is 46.1 Å². The maximum absolute atomic E-state index is 13.3. The fourth-order valence-corrected chi connectivity index (χ4v) is 3.72. The fourth-order valence-electron chi connectivity index (χ4n) is 3.72. The third-order valence-electron chi connectivity index (χ3n) is 5.73. The van der Waals surface area contributed by atoms with E-state index in [0.717, 1.165) is 23.8 Å². The number of benzene rings is 2. The highest BCUT2D eigenvalue weighted by Crippen LogP contribution is 2.30. The van der Waals surface area contributed by atoms with Crippen LogP contribution < -0.4 is 0 Å². The molecule has 10 heteroatoms. The lowest BCUT2D eigenvalue weighted by Crippen LogP contribution is -2.34. The van der Waals surface area contributed by atoms with Crippen molar-refractivity contribution in [1.82, 2.24) is 14.9 Å². The highest BCUT2D eigenvalue weighted by molar-refractivity contribution is 5.92. The van der Waals surface area contributed by atoms with Crippen molar-refractivity contribution >= 4 is 5.91 Å². The van der Waals surface area contributed by atoms with Crippen LogP contribution in [-0.2, 0) is 30.7 Å². The van der Waals surface area contributed by atoms with Gasteiger partial charge in [-0.2, -0.15) is 26.3 Å².